The molecule has 0 saturated carbocycles. The van der Waals surface area contributed by atoms with Gasteiger partial charge in [-0.1, -0.05) is 90.2 Å². The lowest BCUT2D eigenvalue weighted by Crippen LogP contribution is -2.28. The minimum atomic E-state index is -0.764. The van der Waals surface area contributed by atoms with Gasteiger partial charge in [0, 0.05) is 12.8 Å². The highest BCUT2D eigenvalue weighted by atomic mass is 16.6. The maximum atomic E-state index is 11.9. The highest BCUT2D eigenvalue weighted by Gasteiger charge is 2.16. The zero-order chi connectivity index (χ0) is 23.0. The van der Waals surface area contributed by atoms with Crippen LogP contribution in [0, 0.1) is 0 Å². The second kappa shape index (κ2) is 23.3. The standard InChI is InChI=1S/C26H48O5/c1-3-5-7-9-11-12-13-15-17-19-21-26(29)31-24(22-27)23-30-25(28)20-18-16-14-10-8-6-4-2/h7,9,24,27H,3-6,8,10-23H2,1-2H3/b9-7-. The van der Waals surface area contributed by atoms with Gasteiger partial charge in [-0.25, -0.2) is 0 Å². The molecule has 0 bridgehead atoms. The number of rotatable bonds is 22. The van der Waals surface area contributed by atoms with E-state index in [1.807, 2.05) is 0 Å². The van der Waals surface area contributed by atoms with Crippen LogP contribution in [0.3, 0.4) is 0 Å². The van der Waals surface area contributed by atoms with Crippen molar-refractivity contribution in [2.24, 2.45) is 0 Å². The van der Waals surface area contributed by atoms with Gasteiger partial charge in [-0.2, -0.15) is 0 Å². The number of carbonyl (C=O) groups is 2. The summed E-state index contributed by atoms with van der Waals surface area (Å²) in [6.45, 7) is 3.98. The molecule has 1 N–H and O–H groups in total. The first-order chi connectivity index (χ1) is 15.1. The van der Waals surface area contributed by atoms with E-state index < -0.39 is 6.10 Å². The number of hydrogen-bond acceptors (Lipinski definition) is 5. The van der Waals surface area contributed by atoms with Crippen LogP contribution in [0.15, 0.2) is 12.2 Å². The van der Waals surface area contributed by atoms with Crippen LogP contribution in [0.2, 0.25) is 0 Å². The average Bonchev–Trinajstić information content (AvgIpc) is 2.77. The third kappa shape index (κ3) is 21.7. The lowest BCUT2D eigenvalue weighted by molar-refractivity contribution is -0.161. The van der Waals surface area contributed by atoms with Gasteiger partial charge < -0.3 is 14.6 Å². The Kier molecular flexibility index (Phi) is 22.3. The molecule has 0 saturated heterocycles. The van der Waals surface area contributed by atoms with Gasteiger partial charge >= 0.3 is 11.9 Å². The fraction of sp³-hybridized carbons (Fsp3) is 0.846. The van der Waals surface area contributed by atoms with E-state index in [-0.39, 0.29) is 25.2 Å². The van der Waals surface area contributed by atoms with Crippen molar-refractivity contribution in [1.82, 2.24) is 0 Å². The van der Waals surface area contributed by atoms with E-state index in [4.69, 9.17) is 9.47 Å². The lowest BCUT2D eigenvalue weighted by Gasteiger charge is -2.15. The van der Waals surface area contributed by atoms with E-state index >= 15 is 0 Å². The Balaban J connectivity index is 3.66. The number of unbranched alkanes of at least 4 members (excludes halogenated alkanes) is 12. The first-order valence-electron chi connectivity index (χ1n) is 12.7. The topological polar surface area (TPSA) is 72.8 Å². The molecule has 5 nitrogen and oxygen atoms in total. The van der Waals surface area contributed by atoms with E-state index in [1.165, 1.54) is 44.9 Å². The minimum Gasteiger partial charge on any atom is -0.462 e. The second-order valence-electron chi connectivity index (χ2n) is 8.42. The summed E-state index contributed by atoms with van der Waals surface area (Å²) < 4.78 is 10.4. The largest absolute Gasteiger partial charge is 0.462 e. The van der Waals surface area contributed by atoms with Crippen molar-refractivity contribution in [2.75, 3.05) is 13.2 Å². The zero-order valence-electron chi connectivity index (χ0n) is 20.2. The van der Waals surface area contributed by atoms with Gasteiger partial charge in [-0.3, -0.25) is 9.59 Å². The number of esters is 2. The van der Waals surface area contributed by atoms with E-state index in [0.717, 1.165) is 51.4 Å². The summed E-state index contributed by atoms with van der Waals surface area (Å²) >= 11 is 0. The molecule has 1 atom stereocenters. The first kappa shape index (κ1) is 29.6. The molecule has 0 amide bonds. The number of aliphatic hydroxyl groups excluding tert-OH is 1. The van der Waals surface area contributed by atoms with Gasteiger partial charge in [-0.15, -0.1) is 0 Å². The number of aliphatic hydroxyl groups is 1. The van der Waals surface area contributed by atoms with Crippen molar-refractivity contribution in [3.8, 4) is 0 Å². The highest BCUT2D eigenvalue weighted by Crippen LogP contribution is 2.11. The highest BCUT2D eigenvalue weighted by molar-refractivity contribution is 5.70. The number of ether oxygens (including phenoxy) is 2. The Morgan fingerprint density at radius 1 is 0.710 bits per heavy atom. The van der Waals surface area contributed by atoms with Gasteiger partial charge in [-0.05, 0) is 32.1 Å². The molecule has 0 aliphatic rings. The Morgan fingerprint density at radius 2 is 1.26 bits per heavy atom. The summed E-state index contributed by atoms with van der Waals surface area (Å²) in [5, 5.41) is 9.38. The summed E-state index contributed by atoms with van der Waals surface area (Å²) in [5.74, 6) is -0.614. The fourth-order valence-corrected chi connectivity index (χ4v) is 3.32. The average molecular weight is 441 g/mol. The van der Waals surface area contributed by atoms with Crippen LogP contribution in [0.5, 0.6) is 0 Å². The van der Waals surface area contributed by atoms with Crippen molar-refractivity contribution in [2.45, 2.75) is 129 Å². The smallest absolute Gasteiger partial charge is 0.306 e. The summed E-state index contributed by atoms with van der Waals surface area (Å²) in [7, 11) is 0. The van der Waals surface area contributed by atoms with Gasteiger partial charge in [0.15, 0.2) is 6.10 Å². The van der Waals surface area contributed by atoms with Gasteiger partial charge in [0.05, 0.1) is 6.61 Å². The molecule has 0 heterocycles. The summed E-state index contributed by atoms with van der Waals surface area (Å²) in [4.78, 5) is 23.7. The molecule has 182 valence electrons. The minimum absolute atomic E-state index is 0.0663. The molecule has 31 heavy (non-hydrogen) atoms. The molecular weight excluding hydrogens is 392 g/mol. The molecule has 0 aromatic heterocycles. The van der Waals surface area contributed by atoms with Crippen LogP contribution in [-0.4, -0.2) is 36.4 Å². The van der Waals surface area contributed by atoms with Crippen LogP contribution >= 0.6 is 0 Å². The first-order valence-corrected chi connectivity index (χ1v) is 12.7. The molecule has 0 rings (SSSR count). The van der Waals surface area contributed by atoms with Crippen molar-refractivity contribution < 1.29 is 24.2 Å². The van der Waals surface area contributed by atoms with Crippen molar-refractivity contribution >= 4 is 11.9 Å². The molecule has 0 spiro atoms. The molecular formula is C26H48O5. The van der Waals surface area contributed by atoms with E-state index in [0.29, 0.717) is 12.8 Å². The third-order valence-corrected chi connectivity index (χ3v) is 5.29. The molecule has 0 aliphatic heterocycles. The molecule has 0 fully saturated rings. The van der Waals surface area contributed by atoms with E-state index in [1.54, 1.807) is 0 Å². The number of allylic oxidation sites excluding steroid dienone is 2. The van der Waals surface area contributed by atoms with Crippen LogP contribution in [0.4, 0.5) is 0 Å². The summed E-state index contributed by atoms with van der Waals surface area (Å²) in [6.07, 6.45) is 21.3. The summed E-state index contributed by atoms with van der Waals surface area (Å²) in [6, 6.07) is 0. The Labute approximate surface area is 191 Å². The molecule has 5 heteroatoms. The van der Waals surface area contributed by atoms with E-state index in [2.05, 4.69) is 26.0 Å². The number of carbonyl (C=O) groups excluding carboxylic acids is 2. The predicted molar refractivity (Wildman–Crippen MR) is 127 cm³/mol. The number of hydrogen-bond donors (Lipinski definition) is 1. The molecule has 0 aromatic rings. The normalized spacial score (nSPS) is 12.2. The van der Waals surface area contributed by atoms with Crippen LogP contribution in [-0.2, 0) is 19.1 Å². The molecule has 0 radical (unpaired) electrons. The van der Waals surface area contributed by atoms with Gasteiger partial charge in [0.2, 0.25) is 0 Å². The van der Waals surface area contributed by atoms with Crippen LogP contribution in [0.25, 0.3) is 0 Å². The van der Waals surface area contributed by atoms with Crippen LogP contribution < -0.4 is 0 Å². The molecule has 1 unspecified atom stereocenters. The zero-order valence-corrected chi connectivity index (χ0v) is 20.2. The SMILES string of the molecule is CCC/C=C\CCCCCCCC(=O)OC(CO)COC(=O)CCCCCCCCC. The van der Waals surface area contributed by atoms with Crippen molar-refractivity contribution in [1.29, 1.82) is 0 Å². The van der Waals surface area contributed by atoms with Crippen molar-refractivity contribution in [3.05, 3.63) is 12.2 Å². The Hall–Kier alpha value is -1.36. The Bertz CT molecular complexity index is 447. The maximum Gasteiger partial charge on any atom is 0.306 e. The third-order valence-electron chi connectivity index (χ3n) is 5.29. The van der Waals surface area contributed by atoms with Crippen LogP contribution in [0.1, 0.15) is 123 Å². The van der Waals surface area contributed by atoms with E-state index in [9.17, 15) is 14.7 Å². The second-order valence-corrected chi connectivity index (χ2v) is 8.42. The van der Waals surface area contributed by atoms with Gasteiger partial charge in [0.25, 0.3) is 0 Å². The Morgan fingerprint density at radius 3 is 1.87 bits per heavy atom. The fourth-order valence-electron chi connectivity index (χ4n) is 3.32. The molecule has 0 aromatic carbocycles. The van der Waals surface area contributed by atoms with Gasteiger partial charge in [0.1, 0.15) is 6.61 Å². The summed E-state index contributed by atoms with van der Waals surface area (Å²) in [5.41, 5.74) is 0. The monoisotopic (exact) mass is 440 g/mol. The quantitative estimate of drug-likeness (QED) is 0.116. The lowest BCUT2D eigenvalue weighted by atomic mass is 10.1. The molecule has 0 aliphatic carbocycles. The maximum absolute atomic E-state index is 11.9. The predicted octanol–water partition coefficient (Wildman–Crippen LogP) is 6.66. The van der Waals surface area contributed by atoms with Crippen molar-refractivity contribution in [3.63, 3.8) is 0 Å².